The summed E-state index contributed by atoms with van der Waals surface area (Å²) in [6, 6.07) is 4.70. The first-order chi connectivity index (χ1) is 8.12. The fourth-order valence-corrected chi connectivity index (χ4v) is 2.56. The van der Waals surface area contributed by atoms with Gasteiger partial charge in [-0.2, -0.15) is 13.2 Å². The van der Waals surface area contributed by atoms with E-state index in [1.165, 1.54) is 19.1 Å². The summed E-state index contributed by atoms with van der Waals surface area (Å²) in [6.45, 7) is 1.48. The molecule has 0 heterocycles. The lowest BCUT2D eigenvalue weighted by molar-refractivity contribution is -0.137. The van der Waals surface area contributed by atoms with E-state index in [-0.39, 0.29) is 6.42 Å². The van der Waals surface area contributed by atoms with Crippen LogP contribution in [0.2, 0.25) is 0 Å². The number of benzene rings is 1. The summed E-state index contributed by atoms with van der Waals surface area (Å²) in [7, 11) is 0. The van der Waals surface area contributed by atoms with Gasteiger partial charge in [0.2, 0.25) is 0 Å². The van der Waals surface area contributed by atoms with E-state index in [4.69, 9.17) is 5.73 Å². The molecular formula is C13H15F4N. The molecule has 2 N–H and O–H groups in total. The number of halogens is 4. The third-order valence-electron chi connectivity index (χ3n) is 3.56. The number of hydrogen-bond donors (Lipinski definition) is 1. The Labute approximate surface area is 103 Å². The Bertz CT molecular complexity index is 435. The Hall–Kier alpha value is -1.10. The van der Waals surface area contributed by atoms with E-state index < -0.39 is 22.9 Å². The van der Waals surface area contributed by atoms with Crippen molar-refractivity contribution in [1.29, 1.82) is 0 Å². The van der Waals surface area contributed by atoms with E-state index >= 15 is 0 Å². The Kier molecular flexibility index (Phi) is 2.93. The summed E-state index contributed by atoms with van der Waals surface area (Å²) in [5.74, 6) is 0. The fourth-order valence-electron chi connectivity index (χ4n) is 2.56. The SMILES string of the molecule is CC1(F)CCC(N)(c2ccc(C(F)(F)F)cc2)C1. The van der Waals surface area contributed by atoms with Crippen LogP contribution in [0, 0.1) is 0 Å². The van der Waals surface area contributed by atoms with Crippen molar-refractivity contribution in [3.8, 4) is 0 Å². The van der Waals surface area contributed by atoms with Crippen LogP contribution >= 0.6 is 0 Å². The van der Waals surface area contributed by atoms with E-state index in [0.717, 1.165) is 12.1 Å². The Balaban J connectivity index is 2.26. The second kappa shape index (κ2) is 3.95. The van der Waals surface area contributed by atoms with Crippen LogP contribution in [-0.4, -0.2) is 5.67 Å². The first-order valence-electron chi connectivity index (χ1n) is 5.78. The van der Waals surface area contributed by atoms with Gasteiger partial charge in [0.25, 0.3) is 0 Å². The van der Waals surface area contributed by atoms with Crippen LogP contribution in [0.5, 0.6) is 0 Å². The molecule has 0 aliphatic heterocycles. The van der Waals surface area contributed by atoms with Crippen LogP contribution in [0.15, 0.2) is 24.3 Å². The van der Waals surface area contributed by atoms with Crippen molar-refractivity contribution < 1.29 is 17.6 Å². The third-order valence-corrected chi connectivity index (χ3v) is 3.56. The highest BCUT2D eigenvalue weighted by Crippen LogP contribution is 2.44. The number of hydrogen-bond acceptors (Lipinski definition) is 1. The average molecular weight is 261 g/mol. The van der Waals surface area contributed by atoms with Crippen molar-refractivity contribution in [3.05, 3.63) is 35.4 Å². The lowest BCUT2D eigenvalue weighted by Crippen LogP contribution is -2.35. The van der Waals surface area contributed by atoms with Crippen LogP contribution in [-0.2, 0) is 11.7 Å². The average Bonchev–Trinajstić information content (AvgIpc) is 2.53. The van der Waals surface area contributed by atoms with Gasteiger partial charge >= 0.3 is 6.18 Å². The lowest BCUT2D eigenvalue weighted by atomic mass is 9.87. The summed E-state index contributed by atoms with van der Waals surface area (Å²) in [4.78, 5) is 0. The summed E-state index contributed by atoms with van der Waals surface area (Å²) in [6.07, 6.45) is -3.42. The minimum absolute atomic E-state index is 0.144. The minimum atomic E-state index is -4.36. The van der Waals surface area contributed by atoms with E-state index in [0.29, 0.717) is 18.4 Å². The smallest absolute Gasteiger partial charge is 0.321 e. The largest absolute Gasteiger partial charge is 0.416 e. The van der Waals surface area contributed by atoms with E-state index in [2.05, 4.69) is 0 Å². The normalized spacial score (nSPS) is 32.8. The zero-order chi connectivity index (χ0) is 13.6. The Morgan fingerprint density at radius 1 is 1.11 bits per heavy atom. The molecule has 2 unspecified atom stereocenters. The van der Waals surface area contributed by atoms with Gasteiger partial charge < -0.3 is 5.73 Å². The summed E-state index contributed by atoms with van der Waals surface area (Å²) in [5.41, 5.74) is 3.76. The van der Waals surface area contributed by atoms with Crippen molar-refractivity contribution >= 4 is 0 Å². The van der Waals surface area contributed by atoms with Gasteiger partial charge in [-0.15, -0.1) is 0 Å². The molecule has 1 aromatic rings. The maximum absolute atomic E-state index is 13.8. The van der Waals surface area contributed by atoms with Gasteiger partial charge in [0.05, 0.1) is 5.56 Å². The van der Waals surface area contributed by atoms with Gasteiger partial charge in [0.1, 0.15) is 5.67 Å². The lowest BCUT2D eigenvalue weighted by Gasteiger charge is -2.26. The molecule has 0 aromatic heterocycles. The molecule has 0 radical (unpaired) electrons. The van der Waals surface area contributed by atoms with Crippen LogP contribution in [0.1, 0.15) is 37.3 Å². The maximum Gasteiger partial charge on any atom is 0.416 e. The monoisotopic (exact) mass is 261 g/mol. The van der Waals surface area contributed by atoms with Crippen LogP contribution in [0.3, 0.4) is 0 Å². The summed E-state index contributed by atoms with van der Waals surface area (Å²) < 4.78 is 51.1. The van der Waals surface area contributed by atoms with E-state index in [1.54, 1.807) is 0 Å². The highest BCUT2D eigenvalue weighted by Gasteiger charge is 2.44. The molecule has 1 aromatic carbocycles. The second-order valence-corrected chi connectivity index (χ2v) is 5.32. The van der Waals surface area contributed by atoms with Gasteiger partial charge in [-0.25, -0.2) is 4.39 Å². The Morgan fingerprint density at radius 3 is 2.06 bits per heavy atom. The van der Waals surface area contributed by atoms with Gasteiger partial charge in [-0.1, -0.05) is 12.1 Å². The van der Waals surface area contributed by atoms with Gasteiger partial charge in [-0.3, -0.25) is 0 Å². The van der Waals surface area contributed by atoms with E-state index in [9.17, 15) is 17.6 Å². The molecule has 5 heteroatoms. The molecule has 1 saturated carbocycles. The molecule has 2 atom stereocenters. The van der Waals surface area contributed by atoms with Crippen LogP contribution in [0.25, 0.3) is 0 Å². The van der Waals surface area contributed by atoms with E-state index in [1.807, 2.05) is 0 Å². The van der Waals surface area contributed by atoms with Crippen molar-refractivity contribution in [1.82, 2.24) is 0 Å². The molecule has 0 spiro atoms. The molecule has 0 saturated heterocycles. The molecule has 1 fully saturated rings. The zero-order valence-electron chi connectivity index (χ0n) is 10.0. The highest BCUT2D eigenvalue weighted by molar-refractivity contribution is 5.31. The number of rotatable bonds is 1. The zero-order valence-corrected chi connectivity index (χ0v) is 10.0. The first-order valence-corrected chi connectivity index (χ1v) is 5.78. The van der Waals surface area contributed by atoms with Crippen molar-refractivity contribution in [3.63, 3.8) is 0 Å². The van der Waals surface area contributed by atoms with Gasteiger partial charge in [-0.05, 0) is 37.5 Å². The molecule has 0 amide bonds. The molecule has 18 heavy (non-hydrogen) atoms. The highest BCUT2D eigenvalue weighted by atomic mass is 19.4. The van der Waals surface area contributed by atoms with Gasteiger partial charge in [0.15, 0.2) is 0 Å². The summed E-state index contributed by atoms with van der Waals surface area (Å²) >= 11 is 0. The topological polar surface area (TPSA) is 26.0 Å². The van der Waals surface area contributed by atoms with Crippen LogP contribution in [0.4, 0.5) is 17.6 Å². The predicted octanol–water partition coefficient (Wildman–Crippen LogP) is 3.77. The Morgan fingerprint density at radius 2 is 1.67 bits per heavy atom. The number of alkyl halides is 4. The molecular weight excluding hydrogens is 246 g/mol. The standard InChI is InChI=1S/C13H15F4N/c1-11(14)6-7-12(18,8-11)9-2-4-10(5-3-9)13(15,16)17/h2-5H,6-8,18H2,1H3. The molecule has 1 aliphatic rings. The van der Waals surface area contributed by atoms with Gasteiger partial charge in [0, 0.05) is 12.0 Å². The molecule has 100 valence electrons. The third kappa shape index (κ3) is 2.51. The minimum Gasteiger partial charge on any atom is -0.321 e. The van der Waals surface area contributed by atoms with Crippen molar-refractivity contribution in [2.45, 2.75) is 43.6 Å². The summed E-state index contributed by atoms with van der Waals surface area (Å²) in [5, 5.41) is 0. The second-order valence-electron chi connectivity index (χ2n) is 5.32. The predicted molar refractivity (Wildman–Crippen MR) is 60.7 cm³/mol. The molecule has 1 aliphatic carbocycles. The van der Waals surface area contributed by atoms with Crippen molar-refractivity contribution in [2.24, 2.45) is 5.73 Å². The molecule has 1 nitrogen and oxygen atoms in total. The molecule has 2 rings (SSSR count). The van der Waals surface area contributed by atoms with Crippen molar-refractivity contribution in [2.75, 3.05) is 0 Å². The van der Waals surface area contributed by atoms with Crippen LogP contribution < -0.4 is 5.73 Å². The fraction of sp³-hybridized carbons (Fsp3) is 0.538. The quantitative estimate of drug-likeness (QED) is 0.765. The molecule has 0 bridgehead atoms. The maximum atomic E-state index is 13.8. The first kappa shape index (κ1) is 13.3. The number of nitrogens with two attached hydrogens (primary N) is 1.